The lowest BCUT2D eigenvalue weighted by atomic mass is 10.1. The number of halogens is 1. The van der Waals surface area contributed by atoms with E-state index in [1.807, 2.05) is 24.3 Å². The number of thioether (sulfide) groups is 1. The monoisotopic (exact) mass is 313 g/mol. The van der Waals surface area contributed by atoms with E-state index in [2.05, 4.69) is 21.2 Å². The topological polar surface area (TPSA) is 29.1 Å². The normalized spacial score (nSPS) is 19.9. The van der Waals surface area contributed by atoms with Gasteiger partial charge in [0.05, 0.1) is 5.25 Å². The molecule has 0 spiro atoms. The maximum absolute atomic E-state index is 11.9. The molecule has 1 saturated heterocycles. The van der Waals surface area contributed by atoms with E-state index in [0.29, 0.717) is 6.54 Å². The molecule has 1 aliphatic rings. The average Bonchev–Trinajstić information content (AvgIpc) is 2.37. The van der Waals surface area contributed by atoms with Crippen molar-refractivity contribution in [2.45, 2.75) is 31.1 Å². The van der Waals surface area contributed by atoms with E-state index in [4.69, 9.17) is 0 Å². The molecule has 1 amide bonds. The summed E-state index contributed by atoms with van der Waals surface area (Å²) in [6, 6.07) is 8.04. The average molecular weight is 314 g/mol. The third kappa shape index (κ3) is 4.03. The van der Waals surface area contributed by atoms with Crippen LogP contribution >= 0.6 is 27.7 Å². The molecule has 0 saturated carbocycles. The molecule has 1 aliphatic heterocycles. The Bertz CT molecular complexity index is 391. The van der Waals surface area contributed by atoms with Gasteiger partial charge >= 0.3 is 0 Å². The molecule has 1 N–H and O–H groups in total. The Hall–Kier alpha value is -0.480. The summed E-state index contributed by atoms with van der Waals surface area (Å²) in [6.07, 6.45) is 3.46. The van der Waals surface area contributed by atoms with Gasteiger partial charge in [-0.3, -0.25) is 4.79 Å². The molecule has 1 aromatic rings. The van der Waals surface area contributed by atoms with Crippen LogP contribution in [-0.4, -0.2) is 16.9 Å². The summed E-state index contributed by atoms with van der Waals surface area (Å²) in [5, 5.41) is 3.18. The molecule has 2 nitrogen and oxygen atoms in total. The van der Waals surface area contributed by atoms with Gasteiger partial charge < -0.3 is 5.32 Å². The van der Waals surface area contributed by atoms with Crippen LogP contribution < -0.4 is 5.32 Å². The highest BCUT2D eigenvalue weighted by molar-refractivity contribution is 9.10. The number of amides is 1. The first-order chi connectivity index (χ1) is 8.25. The van der Waals surface area contributed by atoms with E-state index < -0.39 is 0 Å². The Balaban J connectivity index is 1.83. The predicted octanol–water partition coefficient (Wildman–Crippen LogP) is 3.35. The van der Waals surface area contributed by atoms with E-state index >= 15 is 0 Å². The Morgan fingerprint density at radius 3 is 3.06 bits per heavy atom. The highest BCUT2D eigenvalue weighted by Crippen LogP contribution is 2.25. The van der Waals surface area contributed by atoms with Crippen molar-refractivity contribution in [3.63, 3.8) is 0 Å². The smallest absolute Gasteiger partial charge is 0.233 e. The molecule has 1 aromatic carbocycles. The number of rotatable bonds is 3. The SMILES string of the molecule is O=C(NCc1cccc(Br)c1)C1CCCCS1. The Morgan fingerprint density at radius 1 is 1.47 bits per heavy atom. The minimum Gasteiger partial charge on any atom is -0.351 e. The highest BCUT2D eigenvalue weighted by atomic mass is 79.9. The van der Waals surface area contributed by atoms with Gasteiger partial charge in [-0.2, -0.15) is 0 Å². The molecule has 2 rings (SSSR count). The van der Waals surface area contributed by atoms with Crippen LogP contribution in [0.1, 0.15) is 24.8 Å². The quantitative estimate of drug-likeness (QED) is 0.927. The van der Waals surface area contributed by atoms with Crippen molar-refractivity contribution in [3.8, 4) is 0 Å². The van der Waals surface area contributed by atoms with E-state index in [1.165, 1.54) is 12.8 Å². The third-order valence-electron chi connectivity index (χ3n) is 2.83. The van der Waals surface area contributed by atoms with Crippen molar-refractivity contribution in [2.75, 3.05) is 5.75 Å². The number of benzene rings is 1. The summed E-state index contributed by atoms with van der Waals surface area (Å²) < 4.78 is 1.05. The van der Waals surface area contributed by atoms with Crippen molar-refractivity contribution >= 4 is 33.6 Å². The molecule has 1 fully saturated rings. The second-order valence-corrected chi connectivity index (χ2v) is 6.43. The fourth-order valence-electron chi connectivity index (χ4n) is 1.90. The van der Waals surface area contributed by atoms with Crippen molar-refractivity contribution < 1.29 is 4.79 Å². The maximum atomic E-state index is 11.9. The van der Waals surface area contributed by atoms with Crippen molar-refractivity contribution in [2.24, 2.45) is 0 Å². The predicted molar refractivity (Wildman–Crippen MR) is 76.1 cm³/mol. The Morgan fingerprint density at radius 2 is 2.35 bits per heavy atom. The third-order valence-corrected chi connectivity index (χ3v) is 4.70. The largest absolute Gasteiger partial charge is 0.351 e. The number of hydrogen-bond donors (Lipinski definition) is 1. The molecule has 4 heteroatoms. The summed E-state index contributed by atoms with van der Waals surface area (Å²) in [5.74, 6) is 1.31. The molecule has 92 valence electrons. The molecule has 1 heterocycles. The van der Waals surface area contributed by atoms with Crippen LogP contribution in [0.5, 0.6) is 0 Å². The van der Waals surface area contributed by atoms with Crippen LogP contribution in [0.3, 0.4) is 0 Å². The summed E-state index contributed by atoms with van der Waals surface area (Å²) in [5.41, 5.74) is 1.13. The molecule has 1 atom stereocenters. The van der Waals surface area contributed by atoms with Crippen molar-refractivity contribution in [1.82, 2.24) is 5.32 Å². The lowest BCUT2D eigenvalue weighted by Crippen LogP contribution is -2.33. The van der Waals surface area contributed by atoms with Gasteiger partial charge in [0, 0.05) is 11.0 Å². The first-order valence-corrected chi connectivity index (χ1v) is 7.73. The lowest BCUT2D eigenvalue weighted by Gasteiger charge is -2.20. The summed E-state index contributed by atoms with van der Waals surface area (Å²) >= 11 is 5.22. The summed E-state index contributed by atoms with van der Waals surface area (Å²) in [6.45, 7) is 0.620. The van der Waals surface area contributed by atoms with E-state index in [9.17, 15) is 4.79 Å². The molecule has 0 radical (unpaired) electrons. The summed E-state index contributed by atoms with van der Waals surface area (Å²) in [7, 11) is 0. The molecule has 17 heavy (non-hydrogen) atoms. The van der Waals surface area contributed by atoms with E-state index in [1.54, 1.807) is 11.8 Å². The fraction of sp³-hybridized carbons (Fsp3) is 0.462. The zero-order valence-corrected chi connectivity index (χ0v) is 12.0. The first kappa shape index (κ1) is 13.0. The van der Waals surface area contributed by atoms with Gasteiger partial charge in [0.25, 0.3) is 0 Å². The van der Waals surface area contributed by atoms with E-state index in [0.717, 1.165) is 22.2 Å². The van der Waals surface area contributed by atoms with Crippen molar-refractivity contribution in [3.05, 3.63) is 34.3 Å². The Kier molecular flexibility index (Phi) is 4.92. The van der Waals surface area contributed by atoms with E-state index in [-0.39, 0.29) is 11.2 Å². The highest BCUT2D eigenvalue weighted by Gasteiger charge is 2.21. The molecule has 0 aliphatic carbocycles. The minimum absolute atomic E-state index is 0.163. The molecule has 0 aromatic heterocycles. The van der Waals surface area contributed by atoms with Gasteiger partial charge in [-0.15, -0.1) is 11.8 Å². The van der Waals surface area contributed by atoms with Gasteiger partial charge in [0.2, 0.25) is 5.91 Å². The molecule has 1 unspecified atom stereocenters. The zero-order valence-electron chi connectivity index (χ0n) is 9.62. The van der Waals surface area contributed by atoms with Crippen LogP contribution in [0.25, 0.3) is 0 Å². The number of carbonyl (C=O) groups is 1. The maximum Gasteiger partial charge on any atom is 0.233 e. The molecular weight excluding hydrogens is 298 g/mol. The Labute approximate surface area is 115 Å². The minimum atomic E-state index is 0.163. The van der Waals surface area contributed by atoms with Gasteiger partial charge in [-0.25, -0.2) is 0 Å². The van der Waals surface area contributed by atoms with Gasteiger partial charge in [0.15, 0.2) is 0 Å². The van der Waals surface area contributed by atoms with Crippen LogP contribution in [-0.2, 0) is 11.3 Å². The number of nitrogens with one attached hydrogen (secondary N) is 1. The first-order valence-electron chi connectivity index (χ1n) is 5.89. The standard InChI is InChI=1S/C13H16BrNOS/c14-11-5-3-4-10(8-11)9-15-13(16)12-6-1-2-7-17-12/h3-5,8,12H,1-2,6-7,9H2,(H,15,16). The lowest BCUT2D eigenvalue weighted by molar-refractivity contribution is -0.120. The van der Waals surface area contributed by atoms with Crippen molar-refractivity contribution in [1.29, 1.82) is 0 Å². The second-order valence-electron chi connectivity index (χ2n) is 4.20. The molecular formula is C13H16BrNOS. The fourth-order valence-corrected chi connectivity index (χ4v) is 3.57. The zero-order chi connectivity index (χ0) is 12.1. The van der Waals surface area contributed by atoms with Crippen LogP contribution in [0.15, 0.2) is 28.7 Å². The van der Waals surface area contributed by atoms with Crippen LogP contribution in [0.4, 0.5) is 0 Å². The van der Waals surface area contributed by atoms with Gasteiger partial charge in [-0.05, 0) is 36.3 Å². The van der Waals surface area contributed by atoms with Crippen LogP contribution in [0, 0.1) is 0 Å². The second kappa shape index (κ2) is 6.45. The molecule has 0 bridgehead atoms. The number of hydrogen-bond acceptors (Lipinski definition) is 2. The van der Waals surface area contributed by atoms with Crippen LogP contribution in [0.2, 0.25) is 0 Å². The summed E-state index contributed by atoms with van der Waals surface area (Å²) in [4.78, 5) is 11.9. The number of carbonyl (C=O) groups excluding carboxylic acids is 1. The van der Waals surface area contributed by atoms with Gasteiger partial charge in [0.1, 0.15) is 0 Å². The van der Waals surface area contributed by atoms with Gasteiger partial charge in [-0.1, -0.05) is 34.5 Å².